The van der Waals surface area contributed by atoms with Crippen molar-refractivity contribution in [2.75, 3.05) is 19.8 Å². The minimum atomic E-state index is -1.20. The normalized spacial score (nSPS) is 11.0. The molecule has 0 radical (unpaired) electrons. The van der Waals surface area contributed by atoms with E-state index < -0.39 is 17.4 Å². The third-order valence-electron chi connectivity index (χ3n) is 4.23. The molecular weight excluding hydrogens is 324 g/mol. The molecule has 0 saturated heterocycles. The van der Waals surface area contributed by atoms with Gasteiger partial charge < -0.3 is 14.2 Å². The molecule has 6 heteroatoms. The predicted octanol–water partition coefficient (Wildman–Crippen LogP) is 3.80. The summed E-state index contributed by atoms with van der Waals surface area (Å²) < 4.78 is 15.1. The largest absolute Gasteiger partial charge is 0.466 e. The van der Waals surface area contributed by atoms with Crippen molar-refractivity contribution in [1.29, 1.82) is 0 Å². The first-order valence-electron chi connectivity index (χ1n) is 9.48. The van der Waals surface area contributed by atoms with E-state index in [4.69, 9.17) is 14.2 Å². The lowest BCUT2D eigenvalue weighted by molar-refractivity contribution is -0.173. The maximum absolute atomic E-state index is 12.3. The lowest BCUT2D eigenvalue weighted by atomic mass is 9.80. The number of esters is 3. The highest BCUT2D eigenvalue weighted by Crippen LogP contribution is 2.33. The highest BCUT2D eigenvalue weighted by molar-refractivity contribution is 6.00. The minimum absolute atomic E-state index is 0.155. The zero-order chi connectivity index (χ0) is 19.1. The molecule has 0 aliphatic carbocycles. The van der Waals surface area contributed by atoms with Crippen molar-refractivity contribution in [3.63, 3.8) is 0 Å². The van der Waals surface area contributed by atoms with Crippen molar-refractivity contribution < 1.29 is 28.6 Å². The second-order valence-corrected chi connectivity index (χ2v) is 5.95. The Labute approximate surface area is 151 Å². The van der Waals surface area contributed by atoms with Crippen LogP contribution in [0.15, 0.2) is 0 Å². The van der Waals surface area contributed by atoms with Crippen LogP contribution in [0.5, 0.6) is 0 Å². The van der Waals surface area contributed by atoms with Gasteiger partial charge in [0.15, 0.2) is 5.41 Å². The van der Waals surface area contributed by atoms with Gasteiger partial charge >= 0.3 is 17.9 Å². The SMILES string of the molecule is CCOC(=O)CCCCCCCC(CC)(C(=O)OCC)C(=O)OCC. The summed E-state index contributed by atoms with van der Waals surface area (Å²) in [5.74, 6) is -1.13. The zero-order valence-electron chi connectivity index (χ0n) is 16.2. The topological polar surface area (TPSA) is 78.9 Å². The van der Waals surface area contributed by atoms with Crippen molar-refractivity contribution in [1.82, 2.24) is 0 Å². The highest BCUT2D eigenvalue weighted by atomic mass is 16.6. The van der Waals surface area contributed by atoms with E-state index in [0.717, 1.165) is 32.1 Å². The van der Waals surface area contributed by atoms with Crippen LogP contribution < -0.4 is 0 Å². The van der Waals surface area contributed by atoms with Crippen LogP contribution >= 0.6 is 0 Å². The fourth-order valence-electron chi connectivity index (χ4n) is 2.75. The van der Waals surface area contributed by atoms with Gasteiger partial charge in [-0.15, -0.1) is 0 Å². The Morgan fingerprint density at radius 2 is 1.16 bits per heavy atom. The van der Waals surface area contributed by atoms with Crippen LogP contribution in [0, 0.1) is 5.41 Å². The summed E-state index contributed by atoms with van der Waals surface area (Å²) in [7, 11) is 0. The standard InChI is InChI=1S/C19H34O6/c1-5-19(17(21)24-7-3,18(22)25-8-4)15-13-11-9-10-12-14-16(20)23-6-2/h5-15H2,1-4H3. The van der Waals surface area contributed by atoms with Crippen molar-refractivity contribution >= 4 is 17.9 Å². The highest BCUT2D eigenvalue weighted by Gasteiger charge is 2.46. The third-order valence-corrected chi connectivity index (χ3v) is 4.23. The number of unbranched alkanes of at least 4 members (excludes halogenated alkanes) is 4. The monoisotopic (exact) mass is 358 g/mol. The third kappa shape index (κ3) is 8.36. The van der Waals surface area contributed by atoms with Crippen molar-refractivity contribution in [2.24, 2.45) is 5.41 Å². The van der Waals surface area contributed by atoms with E-state index in [1.807, 2.05) is 6.92 Å². The average molecular weight is 358 g/mol. The summed E-state index contributed by atoms with van der Waals surface area (Å²) in [5.41, 5.74) is -1.20. The molecule has 0 aromatic heterocycles. The van der Waals surface area contributed by atoms with E-state index in [9.17, 15) is 14.4 Å². The van der Waals surface area contributed by atoms with E-state index in [-0.39, 0.29) is 19.2 Å². The van der Waals surface area contributed by atoms with Crippen LogP contribution in [0.2, 0.25) is 0 Å². The number of ether oxygens (including phenoxy) is 3. The summed E-state index contributed by atoms with van der Waals surface area (Å²) >= 11 is 0. The van der Waals surface area contributed by atoms with Crippen LogP contribution in [-0.4, -0.2) is 37.7 Å². The number of hydrogen-bond donors (Lipinski definition) is 0. The van der Waals surface area contributed by atoms with Crippen LogP contribution in [-0.2, 0) is 28.6 Å². The number of rotatable bonds is 14. The molecule has 0 aromatic rings. The number of carbonyl (C=O) groups is 3. The summed E-state index contributed by atoms with van der Waals surface area (Å²) in [5, 5.41) is 0. The van der Waals surface area contributed by atoms with E-state index >= 15 is 0 Å². The molecule has 0 aliphatic heterocycles. The van der Waals surface area contributed by atoms with Crippen LogP contribution in [0.4, 0.5) is 0 Å². The maximum Gasteiger partial charge on any atom is 0.323 e. The second-order valence-electron chi connectivity index (χ2n) is 5.95. The van der Waals surface area contributed by atoms with Crippen LogP contribution in [0.3, 0.4) is 0 Å². The summed E-state index contributed by atoms with van der Waals surface area (Å²) in [6, 6.07) is 0. The van der Waals surface area contributed by atoms with Gasteiger partial charge in [-0.05, 0) is 40.0 Å². The van der Waals surface area contributed by atoms with Gasteiger partial charge in [-0.2, -0.15) is 0 Å². The molecule has 0 bridgehead atoms. The van der Waals surface area contributed by atoms with E-state index in [0.29, 0.717) is 25.9 Å². The molecule has 0 aromatic carbocycles. The minimum Gasteiger partial charge on any atom is -0.466 e. The maximum atomic E-state index is 12.3. The summed E-state index contributed by atoms with van der Waals surface area (Å²) in [4.78, 5) is 35.9. The molecule has 0 rings (SSSR count). The number of hydrogen-bond acceptors (Lipinski definition) is 6. The van der Waals surface area contributed by atoms with Gasteiger partial charge in [0.2, 0.25) is 0 Å². The fraction of sp³-hybridized carbons (Fsp3) is 0.842. The Morgan fingerprint density at radius 1 is 0.680 bits per heavy atom. The molecule has 25 heavy (non-hydrogen) atoms. The molecule has 0 spiro atoms. The molecule has 0 N–H and O–H groups in total. The molecule has 0 saturated carbocycles. The quantitative estimate of drug-likeness (QED) is 0.203. The van der Waals surface area contributed by atoms with Gasteiger partial charge in [-0.25, -0.2) is 0 Å². The molecule has 0 unspecified atom stereocenters. The lowest BCUT2D eigenvalue weighted by Crippen LogP contribution is -2.41. The van der Waals surface area contributed by atoms with Crippen molar-refractivity contribution in [3.05, 3.63) is 0 Å². The van der Waals surface area contributed by atoms with Gasteiger partial charge in [-0.3, -0.25) is 14.4 Å². The predicted molar refractivity (Wildman–Crippen MR) is 94.9 cm³/mol. The first-order valence-corrected chi connectivity index (χ1v) is 9.48. The van der Waals surface area contributed by atoms with Gasteiger partial charge in [0.05, 0.1) is 19.8 Å². The molecule has 6 nitrogen and oxygen atoms in total. The van der Waals surface area contributed by atoms with E-state index in [1.165, 1.54) is 0 Å². The van der Waals surface area contributed by atoms with Gasteiger partial charge in [0, 0.05) is 6.42 Å². The summed E-state index contributed by atoms with van der Waals surface area (Å²) in [6.45, 7) is 7.97. The Kier molecular flexibility index (Phi) is 12.8. The smallest absolute Gasteiger partial charge is 0.323 e. The zero-order valence-corrected chi connectivity index (χ0v) is 16.2. The molecule has 0 atom stereocenters. The first-order chi connectivity index (χ1) is 12.0. The molecular formula is C19H34O6. The molecule has 0 fully saturated rings. The Morgan fingerprint density at radius 3 is 1.64 bits per heavy atom. The Hall–Kier alpha value is -1.59. The molecule has 0 aliphatic rings. The van der Waals surface area contributed by atoms with Gasteiger partial charge in [-0.1, -0.05) is 32.6 Å². The van der Waals surface area contributed by atoms with Crippen molar-refractivity contribution in [3.8, 4) is 0 Å². The fourth-order valence-corrected chi connectivity index (χ4v) is 2.75. The summed E-state index contributed by atoms with van der Waals surface area (Å²) in [6.07, 6.45) is 5.55. The van der Waals surface area contributed by atoms with Crippen LogP contribution in [0.1, 0.15) is 79.1 Å². The first kappa shape index (κ1) is 23.4. The van der Waals surface area contributed by atoms with E-state index in [1.54, 1.807) is 20.8 Å². The average Bonchev–Trinajstić information content (AvgIpc) is 2.58. The molecule has 0 heterocycles. The lowest BCUT2D eigenvalue weighted by Gasteiger charge is -2.27. The second kappa shape index (κ2) is 13.7. The molecule has 146 valence electrons. The van der Waals surface area contributed by atoms with Gasteiger partial charge in [0.1, 0.15) is 0 Å². The van der Waals surface area contributed by atoms with Crippen LogP contribution in [0.25, 0.3) is 0 Å². The Bertz CT molecular complexity index is 387. The Balaban J connectivity index is 4.37. The van der Waals surface area contributed by atoms with Gasteiger partial charge in [0.25, 0.3) is 0 Å². The number of carbonyl (C=O) groups excluding carboxylic acids is 3. The van der Waals surface area contributed by atoms with E-state index in [2.05, 4.69) is 0 Å². The van der Waals surface area contributed by atoms with Crippen molar-refractivity contribution in [2.45, 2.75) is 79.1 Å². The molecule has 0 amide bonds.